The van der Waals surface area contributed by atoms with Crippen LogP contribution in [0.5, 0.6) is 0 Å². The lowest BCUT2D eigenvalue weighted by Crippen LogP contribution is -2.23. The van der Waals surface area contributed by atoms with Crippen molar-refractivity contribution in [1.29, 1.82) is 0 Å². The van der Waals surface area contributed by atoms with Gasteiger partial charge in [-0.1, -0.05) is 18.2 Å². The second-order valence-corrected chi connectivity index (χ2v) is 6.10. The standard InChI is InChI=1S/C19H17FN6O.ClH/c20-10-13(11-21)12-26-19(27)25-7-5-15(9-18(25)24-26)14-2-1-3-16(8-14)17-4-6-22-23-17;/h1-10H,11-12,21H2,(H,22,23);1H/b13-10+;. The van der Waals surface area contributed by atoms with E-state index >= 15 is 0 Å². The largest absolute Gasteiger partial charge is 0.350 e. The number of aromatic nitrogens is 5. The van der Waals surface area contributed by atoms with E-state index < -0.39 is 0 Å². The van der Waals surface area contributed by atoms with Crippen molar-refractivity contribution in [2.24, 2.45) is 5.73 Å². The molecule has 0 bridgehead atoms. The van der Waals surface area contributed by atoms with Crippen molar-refractivity contribution in [3.05, 3.63) is 77.2 Å². The minimum absolute atomic E-state index is 0. The van der Waals surface area contributed by atoms with Crippen LogP contribution in [0.1, 0.15) is 0 Å². The summed E-state index contributed by atoms with van der Waals surface area (Å²) in [6.45, 7) is 0.0551. The third kappa shape index (κ3) is 3.60. The van der Waals surface area contributed by atoms with Crippen LogP contribution in [0.2, 0.25) is 0 Å². The number of nitrogens with one attached hydrogen (secondary N) is 1. The van der Waals surface area contributed by atoms with E-state index in [2.05, 4.69) is 15.3 Å². The molecule has 0 aliphatic heterocycles. The third-order valence-corrected chi connectivity index (χ3v) is 4.35. The monoisotopic (exact) mass is 400 g/mol. The first kappa shape index (κ1) is 19.5. The van der Waals surface area contributed by atoms with E-state index in [9.17, 15) is 9.18 Å². The van der Waals surface area contributed by atoms with Crippen molar-refractivity contribution in [2.45, 2.75) is 6.54 Å². The van der Waals surface area contributed by atoms with Gasteiger partial charge in [0.2, 0.25) is 0 Å². The highest BCUT2D eigenvalue weighted by Crippen LogP contribution is 2.25. The van der Waals surface area contributed by atoms with Gasteiger partial charge in [-0.15, -0.1) is 17.5 Å². The predicted octanol–water partition coefficient (Wildman–Crippen LogP) is 2.79. The van der Waals surface area contributed by atoms with Crippen molar-refractivity contribution >= 4 is 18.1 Å². The van der Waals surface area contributed by atoms with E-state index in [0.29, 0.717) is 17.6 Å². The molecule has 0 saturated carbocycles. The summed E-state index contributed by atoms with van der Waals surface area (Å²) in [7, 11) is 0. The van der Waals surface area contributed by atoms with Gasteiger partial charge in [-0.25, -0.2) is 13.9 Å². The first-order chi connectivity index (χ1) is 13.2. The average molecular weight is 401 g/mol. The predicted molar refractivity (Wildman–Crippen MR) is 108 cm³/mol. The van der Waals surface area contributed by atoms with E-state index in [-0.39, 0.29) is 31.2 Å². The van der Waals surface area contributed by atoms with Crippen LogP contribution in [0.4, 0.5) is 4.39 Å². The Labute approximate surface area is 165 Å². The molecule has 7 nitrogen and oxygen atoms in total. The molecule has 3 heterocycles. The number of halogens is 2. The van der Waals surface area contributed by atoms with Crippen LogP contribution in [-0.4, -0.2) is 30.9 Å². The second kappa shape index (κ2) is 8.20. The van der Waals surface area contributed by atoms with E-state index in [0.717, 1.165) is 22.4 Å². The molecule has 0 unspecified atom stereocenters. The maximum atomic E-state index is 12.8. The lowest BCUT2D eigenvalue weighted by atomic mass is 10.0. The molecule has 0 spiro atoms. The lowest BCUT2D eigenvalue weighted by Gasteiger charge is -2.04. The number of hydrogen-bond donors (Lipinski definition) is 2. The first-order valence-corrected chi connectivity index (χ1v) is 8.37. The molecule has 4 aromatic rings. The van der Waals surface area contributed by atoms with Gasteiger partial charge in [-0.05, 0) is 41.0 Å². The quantitative estimate of drug-likeness (QED) is 0.538. The van der Waals surface area contributed by atoms with Gasteiger partial charge in [0.25, 0.3) is 0 Å². The maximum Gasteiger partial charge on any atom is 0.350 e. The van der Waals surface area contributed by atoms with Gasteiger partial charge in [0.1, 0.15) is 0 Å². The van der Waals surface area contributed by atoms with Gasteiger partial charge in [0.15, 0.2) is 5.65 Å². The second-order valence-electron chi connectivity index (χ2n) is 6.10. The molecule has 1 aromatic carbocycles. The Morgan fingerprint density at radius 1 is 1.18 bits per heavy atom. The first-order valence-electron chi connectivity index (χ1n) is 8.37. The highest BCUT2D eigenvalue weighted by molar-refractivity contribution is 5.85. The number of pyridine rings is 1. The number of aromatic amines is 1. The number of rotatable bonds is 5. The number of nitrogens with two attached hydrogens (primary N) is 1. The van der Waals surface area contributed by atoms with Crippen molar-refractivity contribution in [3.63, 3.8) is 0 Å². The number of benzene rings is 1. The Morgan fingerprint density at radius 2 is 1.96 bits per heavy atom. The Balaban J connectivity index is 0.00000225. The highest BCUT2D eigenvalue weighted by Gasteiger charge is 2.10. The van der Waals surface area contributed by atoms with E-state index in [1.54, 1.807) is 12.4 Å². The Bertz CT molecular complexity index is 1180. The van der Waals surface area contributed by atoms with Gasteiger partial charge in [0.05, 0.1) is 18.6 Å². The van der Waals surface area contributed by atoms with Gasteiger partial charge < -0.3 is 5.73 Å². The molecule has 0 fully saturated rings. The summed E-state index contributed by atoms with van der Waals surface area (Å²) in [5.74, 6) is 0. The van der Waals surface area contributed by atoms with E-state index in [4.69, 9.17) is 5.73 Å². The number of H-pyrrole nitrogens is 1. The van der Waals surface area contributed by atoms with Gasteiger partial charge >= 0.3 is 5.69 Å². The van der Waals surface area contributed by atoms with Crippen molar-refractivity contribution < 1.29 is 4.39 Å². The zero-order chi connectivity index (χ0) is 18.8. The van der Waals surface area contributed by atoms with Crippen LogP contribution in [-0.2, 0) is 6.54 Å². The van der Waals surface area contributed by atoms with E-state index in [1.807, 2.05) is 42.5 Å². The summed E-state index contributed by atoms with van der Waals surface area (Å²) >= 11 is 0. The minimum Gasteiger partial charge on any atom is -0.327 e. The highest BCUT2D eigenvalue weighted by atomic mass is 35.5. The summed E-state index contributed by atoms with van der Waals surface area (Å²) in [6.07, 6.45) is 3.86. The third-order valence-electron chi connectivity index (χ3n) is 4.35. The molecule has 0 amide bonds. The van der Waals surface area contributed by atoms with Crippen molar-refractivity contribution in [3.8, 4) is 22.4 Å². The van der Waals surface area contributed by atoms with Crippen LogP contribution >= 0.6 is 12.4 Å². The summed E-state index contributed by atoms with van der Waals surface area (Å²) in [5.41, 5.74) is 9.64. The lowest BCUT2D eigenvalue weighted by molar-refractivity contribution is 0.616. The van der Waals surface area contributed by atoms with Gasteiger partial charge in [0, 0.05) is 24.5 Å². The van der Waals surface area contributed by atoms with E-state index in [1.165, 1.54) is 9.08 Å². The molecule has 0 aliphatic carbocycles. The minimum atomic E-state index is -0.338. The fourth-order valence-electron chi connectivity index (χ4n) is 2.92. The molecular formula is C19H18ClFN6O. The van der Waals surface area contributed by atoms with Crippen LogP contribution in [0, 0.1) is 0 Å². The van der Waals surface area contributed by atoms with Crippen LogP contribution in [0.25, 0.3) is 28.0 Å². The number of nitrogens with zero attached hydrogens (tertiary/aromatic N) is 4. The zero-order valence-electron chi connectivity index (χ0n) is 14.7. The number of hydrogen-bond acceptors (Lipinski definition) is 4. The topological polar surface area (TPSA) is 94.0 Å². The molecule has 9 heteroatoms. The van der Waals surface area contributed by atoms with Crippen molar-refractivity contribution in [2.75, 3.05) is 6.54 Å². The average Bonchev–Trinajstić information content (AvgIpc) is 3.35. The normalized spacial score (nSPS) is 11.6. The summed E-state index contributed by atoms with van der Waals surface area (Å²) in [4.78, 5) is 12.4. The Hall–Kier alpha value is -3.23. The van der Waals surface area contributed by atoms with Crippen molar-refractivity contribution in [1.82, 2.24) is 24.4 Å². The fraction of sp³-hybridized carbons (Fsp3) is 0.105. The SMILES string of the molecule is Cl.NC/C(=C\F)Cn1nc2cc(-c3cccc(-c4cc[nH]n4)c3)ccn2c1=O. The maximum absolute atomic E-state index is 12.8. The van der Waals surface area contributed by atoms with Crippen LogP contribution < -0.4 is 11.4 Å². The molecule has 144 valence electrons. The zero-order valence-corrected chi connectivity index (χ0v) is 15.6. The Kier molecular flexibility index (Phi) is 5.72. The van der Waals surface area contributed by atoms with Gasteiger partial charge in [-0.2, -0.15) is 5.10 Å². The van der Waals surface area contributed by atoms with Crippen LogP contribution in [0.15, 0.2) is 71.6 Å². The van der Waals surface area contributed by atoms with Crippen LogP contribution in [0.3, 0.4) is 0 Å². The molecular weight excluding hydrogens is 383 g/mol. The summed E-state index contributed by atoms with van der Waals surface area (Å²) < 4.78 is 15.4. The fourth-order valence-corrected chi connectivity index (χ4v) is 2.92. The molecule has 3 aromatic heterocycles. The molecule has 0 aliphatic rings. The summed E-state index contributed by atoms with van der Waals surface area (Å²) in [5, 5.41) is 11.3. The van der Waals surface area contributed by atoms with Gasteiger partial charge in [-0.3, -0.25) is 9.50 Å². The molecule has 0 radical (unpaired) electrons. The molecule has 3 N–H and O–H groups in total. The molecule has 4 rings (SSSR count). The molecule has 28 heavy (non-hydrogen) atoms. The smallest absolute Gasteiger partial charge is 0.327 e. The molecule has 0 saturated heterocycles. The molecule has 0 atom stereocenters. The summed E-state index contributed by atoms with van der Waals surface area (Å²) in [6, 6.07) is 13.5. The Morgan fingerprint density at radius 3 is 2.68 bits per heavy atom. The number of fused-ring (bicyclic) bond motifs is 1.